The van der Waals surface area contributed by atoms with Gasteiger partial charge in [-0.1, -0.05) is 18.2 Å². The first-order valence-electron chi connectivity index (χ1n) is 14.1. The number of aryl methyl sites for hydroxylation is 1. The summed E-state index contributed by atoms with van der Waals surface area (Å²) in [4.78, 5) is 20.2. The van der Waals surface area contributed by atoms with Crippen LogP contribution in [0, 0.1) is 6.92 Å². The summed E-state index contributed by atoms with van der Waals surface area (Å²) in [6.45, 7) is 2.53. The summed E-state index contributed by atoms with van der Waals surface area (Å²) >= 11 is 0. The highest BCUT2D eigenvalue weighted by Gasteiger charge is 2.36. The van der Waals surface area contributed by atoms with Crippen molar-refractivity contribution in [1.82, 2.24) is 0 Å². The number of hydrogen-bond donors (Lipinski definition) is 2. The van der Waals surface area contributed by atoms with Gasteiger partial charge in [0, 0.05) is 48.9 Å². The summed E-state index contributed by atoms with van der Waals surface area (Å²) in [7, 11) is 5.05. The van der Waals surface area contributed by atoms with E-state index in [-0.39, 0.29) is 18.6 Å². The van der Waals surface area contributed by atoms with Crippen molar-refractivity contribution in [2.75, 3.05) is 37.2 Å². The molecule has 43 heavy (non-hydrogen) atoms. The molecule has 1 amide bonds. The van der Waals surface area contributed by atoms with Crippen molar-refractivity contribution < 1.29 is 23.7 Å². The Morgan fingerprint density at radius 2 is 1.58 bits per heavy atom. The van der Waals surface area contributed by atoms with Gasteiger partial charge in [0.05, 0.1) is 31.5 Å². The molecule has 0 saturated carbocycles. The van der Waals surface area contributed by atoms with Gasteiger partial charge >= 0.3 is 0 Å². The van der Waals surface area contributed by atoms with Gasteiger partial charge in [0.2, 0.25) is 0 Å². The lowest BCUT2D eigenvalue weighted by molar-refractivity contribution is 0.0986. The van der Waals surface area contributed by atoms with Crippen molar-refractivity contribution in [3.63, 3.8) is 0 Å². The van der Waals surface area contributed by atoms with Gasteiger partial charge in [0.25, 0.3) is 5.91 Å². The minimum Gasteiger partial charge on any atom is -0.493 e. The third-order valence-corrected chi connectivity index (χ3v) is 7.77. The molecular formula is C34H34N4O5. The molecule has 3 N–H and O–H groups in total. The molecule has 0 aromatic heterocycles. The highest BCUT2D eigenvalue weighted by atomic mass is 16.5. The van der Waals surface area contributed by atoms with Crippen molar-refractivity contribution in [3.8, 4) is 23.0 Å². The van der Waals surface area contributed by atoms with Crippen molar-refractivity contribution in [3.05, 3.63) is 94.5 Å². The quantitative estimate of drug-likeness (QED) is 0.232. The zero-order valence-corrected chi connectivity index (χ0v) is 24.6. The number of amides is 1. The Kier molecular flexibility index (Phi) is 7.54. The van der Waals surface area contributed by atoms with E-state index in [0.29, 0.717) is 46.5 Å². The summed E-state index contributed by atoms with van der Waals surface area (Å²) in [6, 6.07) is 20.9. The topological polar surface area (TPSA) is 108 Å². The van der Waals surface area contributed by atoms with Crippen molar-refractivity contribution >= 4 is 34.9 Å². The molecule has 6 rings (SSSR count). The van der Waals surface area contributed by atoms with Crippen LogP contribution in [0.4, 0.5) is 22.7 Å². The van der Waals surface area contributed by atoms with Crippen LogP contribution >= 0.6 is 0 Å². The van der Waals surface area contributed by atoms with Gasteiger partial charge in [-0.2, -0.15) is 0 Å². The number of aliphatic imine (C=N–C) groups is 1. The number of para-hydroxylation sites is 1. The van der Waals surface area contributed by atoms with E-state index in [1.807, 2.05) is 73.6 Å². The number of carbonyl (C=O) groups excluding carboxylic acids is 1. The number of rotatable bonds is 9. The van der Waals surface area contributed by atoms with Crippen LogP contribution in [0.5, 0.6) is 23.0 Å². The first-order chi connectivity index (χ1) is 20.9. The lowest BCUT2D eigenvalue weighted by atomic mass is 10.1. The largest absolute Gasteiger partial charge is 0.493 e. The highest BCUT2D eigenvalue weighted by molar-refractivity contribution is 6.14. The van der Waals surface area contributed by atoms with Gasteiger partial charge in [-0.15, -0.1) is 0 Å². The average Bonchev–Trinajstić information content (AvgIpc) is 3.33. The maximum absolute atomic E-state index is 13.7. The Labute approximate surface area is 250 Å². The summed E-state index contributed by atoms with van der Waals surface area (Å²) in [5.74, 6) is 2.11. The fourth-order valence-corrected chi connectivity index (χ4v) is 5.67. The lowest BCUT2D eigenvalue weighted by Gasteiger charge is -2.22. The number of nitrogen functional groups attached to an aromatic ring is 1. The number of carbonyl (C=O) groups is 1. The van der Waals surface area contributed by atoms with Crippen LogP contribution in [0.2, 0.25) is 0 Å². The van der Waals surface area contributed by atoms with Gasteiger partial charge in [-0.3, -0.25) is 14.7 Å². The molecular weight excluding hydrogens is 544 g/mol. The molecule has 2 heterocycles. The number of fused-ring (bicyclic) bond motifs is 4. The molecule has 0 saturated heterocycles. The van der Waals surface area contributed by atoms with Gasteiger partial charge < -0.3 is 30.0 Å². The van der Waals surface area contributed by atoms with Crippen molar-refractivity contribution in [1.29, 1.82) is 0 Å². The Morgan fingerprint density at radius 1 is 0.907 bits per heavy atom. The normalized spacial score (nSPS) is 14.8. The van der Waals surface area contributed by atoms with E-state index in [0.717, 1.165) is 40.0 Å². The van der Waals surface area contributed by atoms with Crippen LogP contribution < -0.4 is 34.9 Å². The highest BCUT2D eigenvalue weighted by Crippen LogP contribution is 2.41. The second-order valence-corrected chi connectivity index (χ2v) is 10.6. The predicted molar refractivity (Wildman–Crippen MR) is 169 cm³/mol. The zero-order valence-electron chi connectivity index (χ0n) is 24.6. The summed E-state index contributed by atoms with van der Waals surface area (Å²) in [5.41, 5.74) is 13.7. The number of anilines is 3. The smallest absolute Gasteiger partial charge is 0.261 e. The summed E-state index contributed by atoms with van der Waals surface area (Å²) in [6.07, 6.45) is 2.57. The number of nitrogens with two attached hydrogens (primary N) is 1. The maximum Gasteiger partial charge on any atom is 0.261 e. The second-order valence-electron chi connectivity index (χ2n) is 10.6. The van der Waals surface area contributed by atoms with Crippen LogP contribution in [-0.2, 0) is 19.6 Å². The molecule has 9 heteroatoms. The number of ether oxygens (including phenoxy) is 4. The third kappa shape index (κ3) is 5.41. The molecule has 4 aromatic carbocycles. The summed E-state index contributed by atoms with van der Waals surface area (Å²) < 4.78 is 23.5. The van der Waals surface area contributed by atoms with E-state index in [1.165, 1.54) is 0 Å². The fourth-order valence-electron chi connectivity index (χ4n) is 5.67. The van der Waals surface area contributed by atoms with E-state index in [4.69, 9.17) is 29.7 Å². The van der Waals surface area contributed by atoms with Gasteiger partial charge in [-0.25, -0.2) is 0 Å². The molecule has 0 bridgehead atoms. The Bertz CT molecular complexity index is 1730. The molecule has 0 fully saturated rings. The van der Waals surface area contributed by atoms with Crippen LogP contribution in [0.25, 0.3) is 0 Å². The van der Waals surface area contributed by atoms with E-state index in [2.05, 4.69) is 11.4 Å². The Morgan fingerprint density at radius 3 is 2.28 bits per heavy atom. The maximum atomic E-state index is 13.7. The van der Waals surface area contributed by atoms with Crippen LogP contribution in [-0.4, -0.2) is 39.4 Å². The van der Waals surface area contributed by atoms with Gasteiger partial charge in [0.15, 0.2) is 23.0 Å². The molecule has 4 aromatic rings. The molecule has 2 aliphatic heterocycles. The summed E-state index contributed by atoms with van der Waals surface area (Å²) in [5, 5.41) is 3.17. The molecule has 0 spiro atoms. The number of benzene rings is 4. The van der Waals surface area contributed by atoms with E-state index >= 15 is 0 Å². The van der Waals surface area contributed by atoms with Crippen molar-refractivity contribution in [2.24, 2.45) is 4.99 Å². The van der Waals surface area contributed by atoms with Crippen LogP contribution in [0.3, 0.4) is 0 Å². The van der Waals surface area contributed by atoms with Crippen molar-refractivity contribution in [2.45, 2.75) is 32.6 Å². The lowest BCUT2D eigenvalue weighted by Crippen LogP contribution is -2.37. The standard InChI is InChI=1S/C34H34N4O5/c1-20-9-30(40-3)32(15-27(20)36-2)42-18-21-10-22(12-24(35)11-21)19-43-33-16-28-26(14-31(33)41-4)34(39)38-25(17-37-28)13-23-7-5-6-8-29(23)38/h5-12,14-17,25,36H,13,18-19,35H2,1-4H3. The van der Waals surface area contributed by atoms with Crippen LogP contribution in [0.15, 0.2) is 71.7 Å². The van der Waals surface area contributed by atoms with E-state index in [9.17, 15) is 4.79 Å². The fraction of sp³-hybridized carbons (Fsp3) is 0.235. The average molecular weight is 579 g/mol. The molecule has 2 aliphatic rings. The Hall–Kier alpha value is -5.18. The van der Waals surface area contributed by atoms with Gasteiger partial charge in [-0.05, 0) is 65.6 Å². The third-order valence-electron chi connectivity index (χ3n) is 7.77. The first-order valence-corrected chi connectivity index (χ1v) is 14.1. The van der Waals surface area contributed by atoms with Gasteiger partial charge in [0.1, 0.15) is 13.2 Å². The number of nitrogens with zero attached hydrogens (tertiary/aromatic N) is 2. The van der Waals surface area contributed by atoms with Crippen LogP contribution in [0.1, 0.15) is 32.6 Å². The number of hydrogen-bond acceptors (Lipinski definition) is 8. The number of methoxy groups -OCH3 is 2. The zero-order chi connectivity index (χ0) is 30.1. The monoisotopic (exact) mass is 578 g/mol. The first kappa shape index (κ1) is 28.0. The molecule has 9 nitrogen and oxygen atoms in total. The molecule has 1 atom stereocenters. The minimum absolute atomic E-state index is 0.111. The minimum atomic E-state index is -0.134. The Balaban J connectivity index is 1.21. The number of nitrogens with one attached hydrogen (secondary N) is 1. The molecule has 0 aliphatic carbocycles. The van der Waals surface area contributed by atoms with E-state index < -0.39 is 0 Å². The predicted octanol–water partition coefficient (Wildman–Crippen LogP) is 6.08. The molecule has 220 valence electrons. The molecule has 1 unspecified atom stereocenters. The SMILES string of the molecule is CNc1cc(OCc2cc(N)cc(COc3cc4c(cc3OC)C(=O)N3c5ccccc5CC3C=N4)c2)c(OC)cc1C. The van der Waals surface area contributed by atoms with E-state index in [1.54, 1.807) is 26.4 Å². The second kappa shape index (κ2) is 11.6. The molecule has 0 radical (unpaired) electrons.